The molecule has 0 spiro atoms. The maximum atomic E-state index is 12.0. The molecule has 0 bridgehead atoms. The van der Waals surface area contributed by atoms with Gasteiger partial charge in [-0.2, -0.15) is 0 Å². The van der Waals surface area contributed by atoms with Crippen molar-refractivity contribution in [2.75, 3.05) is 11.9 Å². The zero-order chi connectivity index (χ0) is 22.9. The summed E-state index contributed by atoms with van der Waals surface area (Å²) in [5.74, 6) is -0.269. The molecule has 0 radical (unpaired) electrons. The fourth-order valence-corrected chi connectivity index (χ4v) is 2.97. The molecule has 0 atom stereocenters. The smallest absolute Gasteiger partial charge is 0.331 e. The number of rotatable bonds is 8. The van der Waals surface area contributed by atoms with E-state index in [0.29, 0.717) is 23.1 Å². The molecule has 0 aliphatic rings. The number of benzene rings is 3. The highest BCUT2D eigenvalue weighted by Crippen LogP contribution is 2.18. The van der Waals surface area contributed by atoms with Gasteiger partial charge in [0.2, 0.25) is 0 Å². The molecule has 3 aromatic rings. The van der Waals surface area contributed by atoms with Gasteiger partial charge in [0.05, 0.1) is 0 Å². The maximum Gasteiger partial charge on any atom is 0.331 e. The summed E-state index contributed by atoms with van der Waals surface area (Å²) in [7, 11) is 0. The molecule has 5 nitrogen and oxygen atoms in total. The van der Waals surface area contributed by atoms with Gasteiger partial charge < -0.3 is 14.8 Å². The third-order valence-electron chi connectivity index (χ3n) is 4.83. The van der Waals surface area contributed by atoms with Crippen LogP contribution in [-0.4, -0.2) is 18.5 Å². The average Bonchev–Trinajstić information content (AvgIpc) is 2.79. The number of anilines is 1. The second-order valence-corrected chi connectivity index (χ2v) is 7.66. The molecule has 0 saturated carbocycles. The fraction of sp³-hybridized carbons (Fsp3) is 0.154. The highest BCUT2D eigenvalue weighted by molar-refractivity contribution is 6.30. The Labute approximate surface area is 192 Å². The lowest BCUT2D eigenvalue weighted by molar-refractivity contribution is -0.142. The number of amides is 1. The Hall–Kier alpha value is -3.57. The van der Waals surface area contributed by atoms with Gasteiger partial charge in [-0.3, -0.25) is 4.79 Å². The molecule has 0 aromatic heterocycles. The maximum absolute atomic E-state index is 12.0. The van der Waals surface area contributed by atoms with Crippen molar-refractivity contribution in [3.63, 3.8) is 0 Å². The van der Waals surface area contributed by atoms with E-state index in [1.54, 1.807) is 6.08 Å². The van der Waals surface area contributed by atoms with E-state index in [4.69, 9.17) is 21.1 Å². The quantitative estimate of drug-likeness (QED) is 0.352. The Bertz CT molecular complexity index is 1110. The van der Waals surface area contributed by atoms with Crippen LogP contribution >= 0.6 is 11.6 Å². The number of aryl methyl sites for hydroxylation is 1. The van der Waals surface area contributed by atoms with E-state index >= 15 is 0 Å². The van der Waals surface area contributed by atoms with Crippen LogP contribution in [0.3, 0.4) is 0 Å². The van der Waals surface area contributed by atoms with Crippen molar-refractivity contribution >= 4 is 35.2 Å². The summed E-state index contributed by atoms with van der Waals surface area (Å²) in [5, 5.41) is 3.44. The van der Waals surface area contributed by atoms with Crippen molar-refractivity contribution in [3.8, 4) is 5.75 Å². The second-order valence-electron chi connectivity index (χ2n) is 7.22. The monoisotopic (exact) mass is 449 g/mol. The first-order chi connectivity index (χ1) is 15.4. The summed E-state index contributed by atoms with van der Waals surface area (Å²) in [6, 6.07) is 20.4. The minimum Gasteiger partial charge on any atom is -0.489 e. The molecule has 0 aliphatic heterocycles. The van der Waals surface area contributed by atoms with Crippen molar-refractivity contribution in [1.29, 1.82) is 0 Å². The van der Waals surface area contributed by atoms with Crippen LogP contribution in [0.5, 0.6) is 5.75 Å². The minimum atomic E-state index is -0.593. The molecule has 0 saturated heterocycles. The van der Waals surface area contributed by atoms with Gasteiger partial charge >= 0.3 is 5.97 Å². The number of hydrogen-bond donors (Lipinski definition) is 1. The lowest BCUT2D eigenvalue weighted by atomic mass is 10.1. The molecule has 3 rings (SSSR count). The van der Waals surface area contributed by atoms with Crippen LogP contribution in [0.1, 0.15) is 22.3 Å². The molecule has 164 valence electrons. The van der Waals surface area contributed by atoms with Crippen LogP contribution in [-0.2, 0) is 20.9 Å². The van der Waals surface area contributed by atoms with Gasteiger partial charge in [0.25, 0.3) is 5.91 Å². The highest BCUT2D eigenvalue weighted by Gasteiger charge is 2.08. The third-order valence-corrected chi connectivity index (χ3v) is 5.09. The number of nitrogens with one attached hydrogen (secondary N) is 1. The van der Waals surface area contributed by atoms with E-state index in [1.165, 1.54) is 6.08 Å². The molecule has 6 heteroatoms. The van der Waals surface area contributed by atoms with Crippen molar-refractivity contribution in [2.24, 2.45) is 0 Å². The van der Waals surface area contributed by atoms with Crippen molar-refractivity contribution < 1.29 is 19.1 Å². The predicted octanol–water partition coefficient (Wildman–Crippen LogP) is 5.73. The minimum absolute atomic E-state index is 0.353. The van der Waals surface area contributed by atoms with Crippen LogP contribution < -0.4 is 10.1 Å². The number of ether oxygens (including phenoxy) is 2. The SMILES string of the molecule is Cc1cccc(NC(=O)COC(=O)C=Cc2ccc(OCc3ccc(Cl)cc3)cc2)c1C. The van der Waals surface area contributed by atoms with Gasteiger partial charge in [0, 0.05) is 16.8 Å². The molecular formula is C26H24ClNO4. The van der Waals surface area contributed by atoms with Gasteiger partial charge in [0.15, 0.2) is 6.61 Å². The molecule has 0 fully saturated rings. The Morgan fingerprint density at radius 2 is 1.69 bits per heavy atom. The molecule has 32 heavy (non-hydrogen) atoms. The second kappa shape index (κ2) is 11.2. The first-order valence-electron chi connectivity index (χ1n) is 10.1. The fourth-order valence-electron chi connectivity index (χ4n) is 2.84. The van der Waals surface area contributed by atoms with E-state index in [-0.39, 0.29) is 12.5 Å². The Kier molecular flexibility index (Phi) is 8.06. The molecule has 0 heterocycles. The summed E-state index contributed by atoms with van der Waals surface area (Å²) in [4.78, 5) is 24.0. The van der Waals surface area contributed by atoms with E-state index in [2.05, 4.69) is 5.32 Å². The molecule has 1 amide bonds. The van der Waals surface area contributed by atoms with Crippen LogP contribution in [0.2, 0.25) is 5.02 Å². The van der Waals surface area contributed by atoms with Gasteiger partial charge in [-0.25, -0.2) is 4.79 Å². The van der Waals surface area contributed by atoms with E-state index in [9.17, 15) is 9.59 Å². The first kappa shape index (κ1) is 23.1. The topological polar surface area (TPSA) is 64.6 Å². The van der Waals surface area contributed by atoms with Crippen LogP contribution in [0, 0.1) is 13.8 Å². The normalized spacial score (nSPS) is 10.7. The van der Waals surface area contributed by atoms with E-state index in [1.807, 2.05) is 80.6 Å². The number of esters is 1. The first-order valence-corrected chi connectivity index (χ1v) is 10.5. The van der Waals surface area contributed by atoms with Crippen LogP contribution in [0.4, 0.5) is 5.69 Å². The Morgan fingerprint density at radius 3 is 2.41 bits per heavy atom. The summed E-state index contributed by atoms with van der Waals surface area (Å²) in [5.41, 5.74) is 4.58. The average molecular weight is 450 g/mol. The van der Waals surface area contributed by atoms with Crippen molar-refractivity contribution in [3.05, 3.63) is 100 Å². The van der Waals surface area contributed by atoms with Crippen molar-refractivity contribution in [2.45, 2.75) is 20.5 Å². The zero-order valence-electron chi connectivity index (χ0n) is 17.9. The Morgan fingerprint density at radius 1 is 0.969 bits per heavy atom. The molecule has 0 aliphatic carbocycles. The third kappa shape index (κ3) is 7.00. The number of hydrogen-bond acceptors (Lipinski definition) is 4. The lowest BCUT2D eigenvalue weighted by Gasteiger charge is -2.10. The highest BCUT2D eigenvalue weighted by atomic mass is 35.5. The summed E-state index contributed by atoms with van der Waals surface area (Å²) in [6.07, 6.45) is 2.91. The zero-order valence-corrected chi connectivity index (χ0v) is 18.7. The van der Waals surface area contributed by atoms with Gasteiger partial charge in [-0.05, 0) is 72.5 Å². The molecule has 3 aromatic carbocycles. The molecule has 0 unspecified atom stereocenters. The van der Waals surface area contributed by atoms with Gasteiger partial charge in [0.1, 0.15) is 12.4 Å². The standard InChI is InChI=1S/C26H24ClNO4/c1-18-4-3-5-24(19(18)2)28-25(29)17-32-26(30)15-10-20-8-13-23(14-9-20)31-16-21-6-11-22(27)12-7-21/h3-15H,16-17H2,1-2H3,(H,28,29). The van der Waals surface area contributed by atoms with Crippen LogP contribution in [0.25, 0.3) is 6.08 Å². The summed E-state index contributed by atoms with van der Waals surface area (Å²) in [6.45, 7) is 3.97. The Balaban J connectivity index is 1.44. The largest absolute Gasteiger partial charge is 0.489 e. The van der Waals surface area contributed by atoms with E-state index in [0.717, 1.165) is 22.3 Å². The number of halogens is 1. The molecule has 1 N–H and O–H groups in total. The molecular weight excluding hydrogens is 426 g/mol. The lowest BCUT2D eigenvalue weighted by Crippen LogP contribution is -2.20. The van der Waals surface area contributed by atoms with Gasteiger partial charge in [-0.1, -0.05) is 48.0 Å². The summed E-state index contributed by atoms with van der Waals surface area (Å²) >= 11 is 5.88. The van der Waals surface area contributed by atoms with Crippen LogP contribution in [0.15, 0.2) is 72.8 Å². The van der Waals surface area contributed by atoms with Crippen molar-refractivity contribution in [1.82, 2.24) is 0 Å². The predicted molar refractivity (Wildman–Crippen MR) is 127 cm³/mol. The number of carbonyl (C=O) groups is 2. The summed E-state index contributed by atoms with van der Waals surface area (Å²) < 4.78 is 10.8. The number of carbonyl (C=O) groups excluding carboxylic acids is 2. The van der Waals surface area contributed by atoms with E-state index < -0.39 is 5.97 Å². The van der Waals surface area contributed by atoms with Gasteiger partial charge in [-0.15, -0.1) is 0 Å².